The molecular formula is C16H16BrF2N. The van der Waals surface area contributed by atoms with Crippen LogP contribution in [0.25, 0.3) is 0 Å². The highest BCUT2D eigenvalue weighted by molar-refractivity contribution is 9.10. The molecule has 0 heterocycles. The van der Waals surface area contributed by atoms with Gasteiger partial charge in [0, 0.05) is 28.7 Å². The zero-order chi connectivity index (χ0) is 14.7. The highest BCUT2D eigenvalue weighted by atomic mass is 79.9. The summed E-state index contributed by atoms with van der Waals surface area (Å²) in [5.74, 6) is -1.07. The van der Waals surface area contributed by atoms with Gasteiger partial charge < -0.3 is 5.32 Å². The Kier molecular flexibility index (Phi) is 4.89. The lowest BCUT2D eigenvalue weighted by Crippen LogP contribution is -2.19. The van der Waals surface area contributed by atoms with Crippen LogP contribution in [0.1, 0.15) is 29.7 Å². The van der Waals surface area contributed by atoms with E-state index >= 15 is 0 Å². The van der Waals surface area contributed by atoms with E-state index in [9.17, 15) is 8.78 Å². The number of hydrogen-bond acceptors (Lipinski definition) is 1. The minimum absolute atomic E-state index is 0.181. The summed E-state index contributed by atoms with van der Waals surface area (Å²) in [6.07, 6.45) is 0. The molecule has 0 aliphatic rings. The quantitative estimate of drug-likeness (QED) is 0.836. The predicted molar refractivity (Wildman–Crippen MR) is 80.5 cm³/mol. The summed E-state index contributed by atoms with van der Waals surface area (Å²) in [5.41, 5.74) is 2.75. The van der Waals surface area contributed by atoms with Gasteiger partial charge in [0.2, 0.25) is 0 Å². The van der Waals surface area contributed by atoms with Crippen LogP contribution in [0.4, 0.5) is 8.78 Å². The van der Waals surface area contributed by atoms with Gasteiger partial charge >= 0.3 is 0 Å². The van der Waals surface area contributed by atoms with E-state index in [4.69, 9.17) is 0 Å². The molecule has 4 heteroatoms. The lowest BCUT2D eigenvalue weighted by Gasteiger charge is -2.15. The van der Waals surface area contributed by atoms with Crippen molar-refractivity contribution in [2.45, 2.75) is 26.4 Å². The van der Waals surface area contributed by atoms with Gasteiger partial charge in [-0.25, -0.2) is 8.78 Å². The van der Waals surface area contributed by atoms with Crippen molar-refractivity contribution in [2.24, 2.45) is 0 Å². The lowest BCUT2D eigenvalue weighted by atomic mass is 10.1. The van der Waals surface area contributed by atoms with Gasteiger partial charge in [-0.15, -0.1) is 0 Å². The van der Waals surface area contributed by atoms with E-state index in [1.54, 1.807) is 0 Å². The molecular weight excluding hydrogens is 324 g/mol. The first-order valence-electron chi connectivity index (χ1n) is 6.40. The second kappa shape index (κ2) is 6.46. The van der Waals surface area contributed by atoms with E-state index < -0.39 is 11.6 Å². The highest BCUT2D eigenvalue weighted by Gasteiger charge is 2.11. The summed E-state index contributed by atoms with van der Waals surface area (Å²) in [5, 5.41) is 3.24. The third-order valence-electron chi connectivity index (χ3n) is 3.26. The number of halogens is 3. The Morgan fingerprint density at radius 3 is 2.55 bits per heavy atom. The summed E-state index contributed by atoms with van der Waals surface area (Å²) in [4.78, 5) is 0. The predicted octanol–water partition coefficient (Wildman–Crippen LogP) is 4.89. The lowest BCUT2D eigenvalue weighted by molar-refractivity contribution is 0.517. The molecule has 0 radical (unpaired) electrons. The van der Waals surface area contributed by atoms with Gasteiger partial charge in [0.1, 0.15) is 11.6 Å². The first-order chi connectivity index (χ1) is 9.47. The Morgan fingerprint density at radius 2 is 1.90 bits per heavy atom. The molecule has 0 bridgehead atoms. The van der Waals surface area contributed by atoms with E-state index in [0.29, 0.717) is 12.1 Å². The highest BCUT2D eigenvalue weighted by Crippen LogP contribution is 2.20. The van der Waals surface area contributed by atoms with Gasteiger partial charge in [0.05, 0.1) is 0 Å². The molecule has 0 amide bonds. The Balaban J connectivity index is 2.04. The average molecular weight is 340 g/mol. The number of nitrogens with one attached hydrogen (secondary N) is 1. The van der Waals surface area contributed by atoms with E-state index in [1.165, 1.54) is 12.1 Å². The van der Waals surface area contributed by atoms with Gasteiger partial charge in [0.15, 0.2) is 0 Å². The van der Waals surface area contributed by atoms with Crippen molar-refractivity contribution in [3.8, 4) is 0 Å². The maximum atomic E-state index is 13.7. The van der Waals surface area contributed by atoms with Gasteiger partial charge in [-0.1, -0.05) is 34.1 Å². The molecule has 0 aromatic heterocycles. The van der Waals surface area contributed by atoms with Gasteiger partial charge in [-0.3, -0.25) is 0 Å². The molecule has 20 heavy (non-hydrogen) atoms. The van der Waals surface area contributed by atoms with Crippen molar-refractivity contribution in [2.75, 3.05) is 0 Å². The minimum Gasteiger partial charge on any atom is -0.306 e. The maximum Gasteiger partial charge on any atom is 0.130 e. The Labute approximate surface area is 126 Å². The molecule has 1 atom stereocenters. The third kappa shape index (κ3) is 3.64. The molecule has 0 saturated carbocycles. The molecule has 1 unspecified atom stereocenters. The van der Waals surface area contributed by atoms with Crippen LogP contribution in [-0.2, 0) is 6.54 Å². The van der Waals surface area contributed by atoms with Crippen molar-refractivity contribution >= 4 is 15.9 Å². The standard InChI is InChI=1S/C16H16BrF2N/c1-10-7-12(3-6-15(10)17)9-20-11(2)14-5-4-13(18)8-16(14)19/h3-8,11,20H,9H2,1-2H3. The second-order valence-corrected chi connectivity index (χ2v) is 5.71. The zero-order valence-electron chi connectivity index (χ0n) is 11.4. The molecule has 0 fully saturated rings. The molecule has 1 N–H and O–H groups in total. The van der Waals surface area contributed by atoms with Gasteiger partial charge in [0.25, 0.3) is 0 Å². The van der Waals surface area contributed by atoms with Crippen LogP contribution >= 0.6 is 15.9 Å². The molecule has 2 aromatic carbocycles. The summed E-state index contributed by atoms with van der Waals surface area (Å²) < 4.78 is 27.6. The van der Waals surface area contributed by atoms with Crippen molar-refractivity contribution in [1.82, 2.24) is 5.32 Å². The maximum absolute atomic E-state index is 13.7. The fourth-order valence-corrected chi connectivity index (χ4v) is 2.30. The molecule has 106 valence electrons. The van der Waals surface area contributed by atoms with Crippen LogP contribution in [-0.4, -0.2) is 0 Å². The fraction of sp³-hybridized carbons (Fsp3) is 0.250. The van der Waals surface area contributed by atoms with Crippen LogP contribution in [0.5, 0.6) is 0 Å². The van der Waals surface area contributed by atoms with Crippen molar-refractivity contribution < 1.29 is 8.78 Å². The average Bonchev–Trinajstić information content (AvgIpc) is 2.40. The monoisotopic (exact) mass is 339 g/mol. The second-order valence-electron chi connectivity index (χ2n) is 4.85. The van der Waals surface area contributed by atoms with Crippen LogP contribution in [0.15, 0.2) is 40.9 Å². The number of benzene rings is 2. The summed E-state index contributed by atoms with van der Waals surface area (Å²) in [7, 11) is 0. The van der Waals surface area contributed by atoms with Gasteiger partial charge in [-0.05, 0) is 37.1 Å². The molecule has 1 nitrogen and oxygen atoms in total. The normalized spacial score (nSPS) is 12.4. The largest absolute Gasteiger partial charge is 0.306 e. The SMILES string of the molecule is Cc1cc(CNC(C)c2ccc(F)cc2F)ccc1Br. The van der Waals surface area contributed by atoms with Crippen LogP contribution in [0.3, 0.4) is 0 Å². The topological polar surface area (TPSA) is 12.0 Å². The first kappa shape index (κ1) is 15.1. The molecule has 2 aromatic rings. The third-order valence-corrected chi connectivity index (χ3v) is 4.15. The van der Waals surface area contributed by atoms with Crippen molar-refractivity contribution in [3.63, 3.8) is 0 Å². The zero-order valence-corrected chi connectivity index (χ0v) is 13.0. The van der Waals surface area contributed by atoms with E-state index in [-0.39, 0.29) is 6.04 Å². The Hall–Kier alpha value is -1.26. The number of aryl methyl sites for hydroxylation is 1. The Morgan fingerprint density at radius 1 is 1.15 bits per heavy atom. The van der Waals surface area contributed by atoms with Crippen molar-refractivity contribution in [1.29, 1.82) is 0 Å². The molecule has 2 rings (SSSR count). The van der Waals surface area contributed by atoms with Crippen LogP contribution < -0.4 is 5.32 Å². The smallest absolute Gasteiger partial charge is 0.130 e. The summed E-state index contributed by atoms with van der Waals surface area (Å²) >= 11 is 3.46. The van der Waals surface area contributed by atoms with Gasteiger partial charge in [-0.2, -0.15) is 0 Å². The number of rotatable bonds is 4. The van der Waals surface area contributed by atoms with E-state index in [2.05, 4.69) is 27.3 Å². The van der Waals surface area contributed by atoms with Crippen LogP contribution in [0.2, 0.25) is 0 Å². The number of hydrogen-bond donors (Lipinski definition) is 1. The minimum atomic E-state index is -0.554. The molecule has 0 aliphatic heterocycles. The molecule has 0 spiro atoms. The van der Waals surface area contributed by atoms with E-state index in [1.807, 2.05) is 26.0 Å². The van der Waals surface area contributed by atoms with Crippen molar-refractivity contribution in [3.05, 3.63) is 69.2 Å². The summed E-state index contributed by atoms with van der Waals surface area (Å²) in [6.45, 7) is 4.52. The first-order valence-corrected chi connectivity index (χ1v) is 7.20. The van der Waals surface area contributed by atoms with Crippen LogP contribution in [0, 0.1) is 18.6 Å². The fourth-order valence-electron chi connectivity index (χ4n) is 2.05. The van der Waals surface area contributed by atoms with E-state index in [0.717, 1.165) is 21.7 Å². The molecule has 0 saturated heterocycles. The Bertz CT molecular complexity index is 613. The summed E-state index contributed by atoms with van der Waals surface area (Å²) in [6, 6.07) is 9.57. The molecule has 0 aliphatic carbocycles.